The van der Waals surface area contributed by atoms with Crippen molar-refractivity contribution in [3.8, 4) is 22.6 Å². The first kappa shape index (κ1) is 39.7. The maximum Gasteiger partial charge on any atom is 0.419 e. The summed E-state index contributed by atoms with van der Waals surface area (Å²) in [5.41, 5.74) is 4.45. The van der Waals surface area contributed by atoms with Gasteiger partial charge in [-0.15, -0.1) is 0 Å². The van der Waals surface area contributed by atoms with Crippen molar-refractivity contribution in [3.05, 3.63) is 117 Å². The van der Waals surface area contributed by atoms with Crippen molar-refractivity contribution in [2.24, 2.45) is 0 Å². The lowest BCUT2D eigenvalue weighted by atomic mass is 9.92. The van der Waals surface area contributed by atoms with Crippen LogP contribution >= 0.6 is 0 Å². The fourth-order valence-electron chi connectivity index (χ4n) is 7.87. The normalized spacial score (nSPS) is 18.9. The molecule has 0 saturated carbocycles. The van der Waals surface area contributed by atoms with Crippen LogP contribution in [0, 0.1) is 13.8 Å². The van der Waals surface area contributed by atoms with E-state index in [0.29, 0.717) is 36.3 Å². The first-order valence-corrected chi connectivity index (χ1v) is 19.0. The van der Waals surface area contributed by atoms with Gasteiger partial charge in [-0.1, -0.05) is 61.4 Å². The Bertz CT molecular complexity index is 1770. The number of rotatable bonds is 11. The maximum atomic E-state index is 14.3. The van der Waals surface area contributed by atoms with Crippen LogP contribution in [0.3, 0.4) is 0 Å². The second-order valence-corrected chi connectivity index (χ2v) is 15.0. The molecule has 0 amide bonds. The van der Waals surface area contributed by atoms with Gasteiger partial charge in [-0.25, -0.2) is 0 Å². The second kappa shape index (κ2) is 16.8. The largest absolute Gasteiger partial charge is 0.488 e. The van der Waals surface area contributed by atoms with Crippen LogP contribution < -0.4 is 9.47 Å². The molecule has 2 saturated heterocycles. The van der Waals surface area contributed by atoms with Crippen LogP contribution in [0.1, 0.15) is 96.9 Å². The van der Waals surface area contributed by atoms with Crippen molar-refractivity contribution in [3.63, 3.8) is 0 Å². The molecule has 0 aromatic heterocycles. The molecule has 10 heteroatoms. The molecule has 0 unspecified atom stereocenters. The zero-order valence-electron chi connectivity index (χ0n) is 31.5. The standard InChI is InChI=1S/C44H50F6N2O2/c1-29-11-5-7-21-51(29)25-33-17-19-41(39(23-33)43(45,46)47)53-27-35-13-9-15-37(31(35)3)38-16-10-14-36(32(38)4)28-54-42-20-18-34(24-40(42)44(48,49)50)26-52-22-8-6-12-30(52)2/h9-10,13-20,23-24,29-30H,5-8,11-12,21-22,25-28H2,1-4H3/t29-,30-/m1/s1. The minimum absolute atomic E-state index is 0.0694. The van der Waals surface area contributed by atoms with Crippen LogP contribution in [0.4, 0.5) is 26.3 Å². The van der Waals surface area contributed by atoms with Crippen molar-refractivity contribution < 1.29 is 35.8 Å². The number of benzene rings is 4. The Hall–Kier alpha value is -4.02. The molecule has 2 heterocycles. The van der Waals surface area contributed by atoms with Gasteiger partial charge in [0.25, 0.3) is 0 Å². The predicted molar refractivity (Wildman–Crippen MR) is 200 cm³/mol. The van der Waals surface area contributed by atoms with Gasteiger partial charge in [0.15, 0.2) is 0 Å². The molecule has 2 atom stereocenters. The summed E-state index contributed by atoms with van der Waals surface area (Å²) in [6, 6.07) is 20.5. The third-order valence-electron chi connectivity index (χ3n) is 11.3. The third kappa shape index (κ3) is 9.43. The molecule has 2 aliphatic rings. The molecule has 0 aliphatic carbocycles. The molecule has 0 N–H and O–H groups in total. The average Bonchev–Trinajstić information content (AvgIpc) is 3.13. The highest BCUT2D eigenvalue weighted by Gasteiger charge is 2.36. The van der Waals surface area contributed by atoms with E-state index in [2.05, 4.69) is 23.6 Å². The maximum absolute atomic E-state index is 14.3. The predicted octanol–water partition coefficient (Wildman–Crippen LogP) is 11.9. The van der Waals surface area contributed by atoms with Crippen LogP contribution in [-0.4, -0.2) is 35.0 Å². The van der Waals surface area contributed by atoms with Crippen LogP contribution in [0.15, 0.2) is 72.8 Å². The number of halogens is 6. The highest BCUT2D eigenvalue weighted by atomic mass is 19.4. The van der Waals surface area contributed by atoms with Crippen molar-refractivity contribution in [1.29, 1.82) is 0 Å². The topological polar surface area (TPSA) is 24.9 Å². The van der Waals surface area contributed by atoms with Crippen LogP contribution in [0.25, 0.3) is 11.1 Å². The van der Waals surface area contributed by atoms with E-state index in [0.717, 1.165) is 85.0 Å². The number of hydrogen-bond donors (Lipinski definition) is 0. The lowest BCUT2D eigenvalue weighted by Gasteiger charge is -2.33. The minimum atomic E-state index is -4.58. The first-order chi connectivity index (χ1) is 25.7. The SMILES string of the molecule is Cc1c(COc2ccc(CN3CCCC[C@H]3C)cc2C(F)(F)F)cccc1-c1cccc(COc2ccc(CN3CCCC[C@H]3C)cc2C(F)(F)F)c1C. The van der Waals surface area contributed by atoms with Gasteiger partial charge in [-0.2, -0.15) is 26.3 Å². The van der Waals surface area contributed by atoms with Crippen molar-refractivity contribution in [2.75, 3.05) is 13.1 Å². The quantitative estimate of drug-likeness (QED) is 0.142. The molecule has 54 heavy (non-hydrogen) atoms. The number of hydrogen-bond acceptors (Lipinski definition) is 4. The molecule has 4 aromatic carbocycles. The smallest absolute Gasteiger partial charge is 0.419 e. The summed E-state index contributed by atoms with van der Waals surface area (Å²) in [5.74, 6) is -0.434. The summed E-state index contributed by atoms with van der Waals surface area (Å²) >= 11 is 0. The fraction of sp³-hybridized carbons (Fsp3) is 0.455. The summed E-state index contributed by atoms with van der Waals surface area (Å²) < 4.78 is 97.3. The summed E-state index contributed by atoms with van der Waals surface area (Å²) in [5, 5.41) is 0. The van der Waals surface area contributed by atoms with Gasteiger partial charge in [-0.3, -0.25) is 9.80 Å². The Morgan fingerprint density at radius 3 is 1.35 bits per heavy atom. The van der Waals surface area contributed by atoms with E-state index in [1.807, 2.05) is 50.2 Å². The summed E-state index contributed by atoms with van der Waals surface area (Å²) in [4.78, 5) is 4.46. The van der Waals surface area contributed by atoms with E-state index in [-0.39, 0.29) is 24.7 Å². The number of ether oxygens (including phenoxy) is 2. The molecule has 4 nitrogen and oxygen atoms in total. The molecule has 0 radical (unpaired) electrons. The zero-order chi connectivity index (χ0) is 38.6. The lowest BCUT2D eigenvalue weighted by molar-refractivity contribution is -0.140. The number of alkyl halides is 6. The lowest BCUT2D eigenvalue weighted by Crippen LogP contribution is -2.36. The fourth-order valence-corrected chi connectivity index (χ4v) is 7.87. The molecule has 0 bridgehead atoms. The second-order valence-electron chi connectivity index (χ2n) is 15.0. The zero-order valence-corrected chi connectivity index (χ0v) is 31.5. The van der Waals surface area contributed by atoms with Gasteiger partial charge in [0.05, 0.1) is 11.1 Å². The summed E-state index contributed by atoms with van der Waals surface area (Å²) in [6.45, 7) is 10.6. The average molecular weight is 753 g/mol. The van der Waals surface area contributed by atoms with Crippen LogP contribution in [0.2, 0.25) is 0 Å². The molecule has 6 rings (SSSR count). The van der Waals surface area contributed by atoms with Crippen LogP contribution in [0.5, 0.6) is 11.5 Å². The van der Waals surface area contributed by atoms with E-state index in [9.17, 15) is 26.3 Å². The minimum Gasteiger partial charge on any atom is -0.488 e. The van der Waals surface area contributed by atoms with E-state index in [1.165, 1.54) is 24.3 Å². The van der Waals surface area contributed by atoms with Crippen molar-refractivity contribution in [2.45, 2.75) is 117 Å². The molecule has 2 aliphatic heterocycles. The number of piperidine rings is 2. The van der Waals surface area contributed by atoms with Gasteiger partial charge in [0, 0.05) is 25.2 Å². The number of nitrogens with zero attached hydrogens (tertiary/aromatic N) is 2. The summed E-state index contributed by atoms with van der Waals surface area (Å²) in [6.07, 6.45) is -2.71. The Morgan fingerprint density at radius 2 is 0.981 bits per heavy atom. The first-order valence-electron chi connectivity index (χ1n) is 19.0. The Balaban J connectivity index is 1.17. The molecular weight excluding hydrogens is 702 g/mol. The van der Waals surface area contributed by atoms with Gasteiger partial charge >= 0.3 is 12.4 Å². The highest BCUT2D eigenvalue weighted by molar-refractivity contribution is 5.72. The van der Waals surface area contributed by atoms with E-state index in [1.54, 1.807) is 12.1 Å². The Kier molecular flexibility index (Phi) is 12.3. The van der Waals surface area contributed by atoms with E-state index in [4.69, 9.17) is 9.47 Å². The van der Waals surface area contributed by atoms with Crippen molar-refractivity contribution in [1.82, 2.24) is 9.80 Å². The molecule has 0 spiro atoms. The molecule has 4 aromatic rings. The summed E-state index contributed by atoms with van der Waals surface area (Å²) in [7, 11) is 0. The van der Waals surface area contributed by atoms with Crippen LogP contribution in [-0.2, 0) is 38.7 Å². The molecule has 290 valence electrons. The van der Waals surface area contributed by atoms with Gasteiger partial charge < -0.3 is 9.47 Å². The molecular formula is C44H50F6N2O2. The Morgan fingerprint density at radius 1 is 0.574 bits per heavy atom. The highest BCUT2D eigenvalue weighted by Crippen LogP contribution is 2.40. The number of likely N-dealkylation sites (tertiary alicyclic amines) is 2. The van der Waals surface area contributed by atoms with E-state index >= 15 is 0 Å². The Labute approximate surface area is 315 Å². The monoisotopic (exact) mass is 752 g/mol. The van der Waals surface area contributed by atoms with Gasteiger partial charge in [0.1, 0.15) is 24.7 Å². The van der Waals surface area contributed by atoms with Crippen molar-refractivity contribution >= 4 is 0 Å². The van der Waals surface area contributed by atoms with E-state index < -0.39 is 23.5 Å². The molecule has 2 fully saturated rings. The van der Waals surface area contributed by atoms with Gasteiger partial charge in [-0.05, 0) is 135 Å². The van der Waals surface area contributed by atoms with Gasteiger partial charge in [0.2, 0.25) is 0 Å². The third-order valence-corrected chi connectivity index (χ3v) is 11.3.